The normalized spacial score (nSPS) is 14.8. The molecule has 0 atom stereocenters. The first kappa shape index (κ1) is 21.0. The van der Waals surface area contributed by atoms with Gasteiger partial charge in [0.15, 0.2) is 4.32 Å². The number of hydrogen-bond donors (Lipinski definition) is 0. The quantitative estimate of drug-likeness (QED) is 0.345. The van der Waals surface area contributed by atoms with Gasteiger partial charge in [0.25, 0.3) is 5.91 Å². The Hall–Kier alpha value is -3.29. The molecule has 3 aromatic rings. The van der Waals surface area contributed by atoms with E-state index in [-0.39, 0.29) is 5.91 Å². The Balaban J connectivity index is 1.55. The minimum Gasteiger partial charge on any atom is -0.497 e. The predicted octanol–water partition coefficient (Wildman–Crippen LogP) is 5.90. The van der Waals surface area contributed by atoms with E-state index in [4.69, 9.17) is 26.4 Å². The number of methoxy groups -OCH3 is 2. The molecule has 1 saturated heterocycles. The third kappa shape index (κ3) is 4.57. The summed E-state index contributed by atoms with van der Waals surface area (Å²) in [6, 6.07) is 22.2. The van der Waals surface area contributed by atoms with Crippen molar-refractivity contribution in [3.05, 3.63) is 83.3 Å². The average molecular weight is 450 g/mol. The second-order valence-electron chi connectivity index (χ2n) is 6.53. The number of carbonyl (C=O) groups excluding carboxylic acids is 1. The molecule has 1 amide bonds. The Bertz CT molecular complexity index is 1140. The highest BCUT2D eigenvalue weighted by atomic mass is 32.2. The molecule has 0 spiro atoms. The number of thiocarbonyl (C=S) groups is 1. The summed E-state index contributed by atoms with van der Waals surface area (Å²) < 4.78 is 16.9. The summed E-state index contributed by atoms with van der Waals surface area (Å²) in [5.74, 6) is 2.55. The number of para-hydroxylation sites is 1. The molecule has 1 aliphatic heterocycles. The van der Waals surface area contributed by atoms with E-state index in [0.29, 0.717) is 32.2 Å². The highest BCUT2D eigenvalue weighted by Crippen LogP contribution is 2.38. The first-order chi connectivity index (χ1) is 15.1. The largest absolute Gasteiger partial charge is 0.497 e. The number of carbonyl (C=O) groups is 1. The molecular weight excluding hydrogens is 430 g/mol. The summed E-state index contributed by atoms with van der Waals surface area (Å²) in [5, 5.41) is 0. The second-order valence-corrected chi connectivity index (χ2v) is 8.21. The Morgan fingerprint density at radius 3 is 2.23 bits per heavy atom. The molecule has 5 nitrogen and oxygen atoms in total. The lowest BCUT2D eigenvalue weighted by Crippen LogP contribution is -2.27. The van der Waals surface area contributed by atoms with Crippen molar-refractivity contribution < 1.29 is 19.0 Å². The van der Waals surface area contributed by atoms with Gasteiger partial charge in [0, 0.05) is 11.6 Å². The molecule has 7 heteroatoms. The average Bonchev–Trinajstić information content (AvgIpc) is 3.08. The van der Waals surface area contributed by atoms with Crippen LogP contribution in [0.4, 0.5) is 5.69 Å². The lowest BCUT2D eigenvalue weighted by molar-refractivity contribution is -0.113. The molecule has 1 heterocycles. The van der Waals surface area contributed by atoms with E-state index in [1.54, 1.807) is 26.4 Å². The van der Waals surface area contributed by atoms with Crippen molar-refractivity contribution in [2.45, 2.75) is 0 Å². The predicted molar refractivity (Wildman–Crippen MR) is 128 cm³/mol. The van der Waals surface area contributed by atoms with Gasteiger partial charge in [0.2, 0.25) is 0 Å². The smallest absolute Gasteiger partial charge is 0.270 e. The van der Waals surface area contributed by atoms with E-state index in [1.807, 2.05) is 66.7 Å². The molecule has 156 valence electrons. The summed E-state index contributed by atoms with van der Waals surface area (Å²) in [6.45, 7) is 0. The summed E-state index contributed by atoms with van der Waals surface area (Å²) in [7, 11) is 3.17. The van der Waals surface area contributed by atoms with Crippen LogP contribution in [0.1, 0.15) is 5.56 Å². The van der Waals surface area contributed by atoms with Crippen molar-refractivity contribution in [3.8, 4) is 23.0 Å². The molecule has 0 radical (unpaired) electrons. The topological polar surface area (TPSA) is 48.0 Å². The lowest BCUT2D eigenvalue weighted by Gasteiger charge is -2.15. The van der Waals surface area contributed by atoms with E-state index in [9.17, 15) is 4.79 Å². The van der Waals surface area contributed by atoms with Crippen LogP contribution in [0.5, 0.6) is 23.0 Å². The van der Waals surface area contributed by atoms with Crippen LogP contribution in [0.3, 0.4) is 0 Å². The third-order valence-electron chi connectivity index (χ3n) is 4.59. The van der Waals surface area contributed by atoms with Gasteiger partial charge in [0.05, 0.1) is 24.8 Å². The van der Waals surface area contributed by atoms with Gasteiger partial charge in [-0.15, -0.1) is 0 Å². The molecule has 0 saturated carbocycles. The van der Waals surface area contributed by atoms with Gasteiger partial charge in [-0.25, -0.2) is 0 Å². The molecular formula is C24H19NO4S2. The van der Waals surface area contributed by atoms with Crippen LogP contribution in [0.25, 0.3) is 6.08 Å². The molecule has 0 unspecified atom stereocenters. The number of amides is 1. The number of nitrogens with zero attached hydrogens (tertiary/aromatic N) is 1. The molecule has 0 bridgehead atoms. The fourth-order valence-corrected chi connectivity index (χ4v) is 4.35. The van der Waals surface area contributed by atoms with Crippen LogP contribution >= 0.6 is 24.0 Å². The van der Waals surface area contributed by atoms with Crippen molar-refractivity contribution in [2.75, 3.05) is 19.1 Å². The molecule has 4 rings (SSSR count). The summed E-state index contributed by atoms with van der Waals surface area (Å²) >= 11 is 6.73. The van der Waals surface area contributed by atoms with E-state index in [0.717, 1.165) is 11.3 Å². The summed E-state index contributed by atoms with van der Waals surface area (Å²) in [5.41, 5.74) is 1.46. The number of benzene rings is 3. The zero-order valence-corrected chi connectivity index (χ0v) is 18.5. The number of thioether (sulfide) groups is 1. The van der Waals surface area contributed by atoms with Gasteiger partial charge in [-0.05, 0) is 54.6 Å². The Labute approximate surface area is 190 Å². The zero-order chi connectivity index (χ0) is 21.8. The van der Waals surface area contributed by atoms with Crippen LogP contribution in [-0.2, 0) is 4.79 Å². The van der Waals surface area contributed by atoms with E-state index in [1.165, 1.54) is 16.7 Å². The van der Waals surface area contributed by atoms with Crippen LogP contribution in [-0.4, -0.2) is 24.4 Å². The summed E-state index contributed by atoms with van der Waals surface area (Å²) in [6.07, 6.45) is 1.78. The van der Waals surface area contributed by atoms with Gasteiger partial charge in [0.1, 0.15) is 23.0 Å². The maximum atomic E-state index is 13.1. The third-order valence-corrected chi connectivity index (χ3v) is 5.90. The second kappa shape index (κ2) is 9.24. The maximum Gasteiger partial charge on any atom is 0.270 e. The Morgan fingerprint density at radius 1 is 0.871 bits per heavy atom. The van der Waals surface area contributed by atoms with Crippen molar-refractivity contribution in [1.82, 2.24) is 0 Å². The Kier molecular flexibility index (Phi) is 6.25. The van der Waals surface area contributed by atoms with Crippen molar-refractivity contribution >= 4 is 46.0 Å². The zero-order valence-electron chi connectivity index (χ0n) is 16.9. The first-order valence-electron chi connectivity index (χ1n) is 9.42. The monoisotopic (exact) mass is 449 g/mol. The fourth-order valence-electron chi connectivity index (χ4n) is 3.06. The highest BCUT2D eigenvalue weighted by molar-refractivity contribution is 8.27. The van der Waals surface area contributed by atoms with E-state index in [2.05, 4.69) is 0 Å². The molecule has 1 aliphatic rings. The molecule has 3 aromatic carbocycles. The van der Waals surface area contributed by atoms with Gasteiger partial charge >= 0.3 is 0 Å². The van der Waals surface area contributed by atoms with Gasteiger partial charge in [-0.1, -0.05) is 42.2 Å². The maximum absolute atomic E-state index is 13.1. The SMILES string of the molecule is COc1ccc(/C=C2\SC(=S)N(c3ccc(Oc4ccccc4)cc3)C2=O)c(OC)c1. The number of hydrogen-bond acceptors (Lipinski definition) is 6. The van der Waals surface area contributed by atoms with Crippen LogP contribution in [0, 0.1) is 0 Å². The molecule has 31 heavy (non-hydrogen) atoms. The lowest BCUT2D eigenvalue weighted by atomic mass is 10.1. The first-order valence-corrected chi connectivity index (χ1v) is 10.6. The number of ether oxygens (including phenoxy) is 3. The van der Waals surface area contributed by atoms with Gasteiger partial charge in [-0.2, -0.15) is 0 Å². The van der Waals surface area contributed by atoms with Crippen molar-refractivity contribution in [2.24, 2.45) is 0 Å². The van der Waals surface area contributed by atoms with Crippen molar-refractivity contribution in [3.63, 3.8) is 0 Å². The van der Waals surface area contributed by atoms with Crippen molar-refractivity contribution in [1.29, 1.82) is 0 Å². The van der Waals surface area contributed by atoms with E-state index >= 15 is 0 Å². The highest BCUT2D eigenvalue weighted by Gasteiger charge is 2.33. The van der Waals surface area contributed by atoms with Gasteiger partial charge in [-0.3, -0.25) is 9.69 Å². The standard InChI is InChI=1S/C24H19NO4S2/c1-27-20-11-8-16(21(15-20)28-2)14-22-23(26)25(24(30)31-22)17-9-12-19(13-10-17)29-18-6-4-3-5-7-18/h3-15H,1-2H3/b22-14-. The molecule has 1 fully saturated rings. The minimum atomic E-state index is -0.176. The van der Waals surface area contributed by atoms with E-state index < -0.39 is 0 Å². The molecule has 0 N–H and O–H groups in total. The van der Waals surface area contributed by atoms with Crippen LogP contribution in [0.2, 0.25) is 0 Å². The number of anilines is 1. The Morgan fingerprint density at radius 2 is 1.55 bits per heavy atom. The summed E-state index contributed by atoms with van der Waals surface area (Å²) in [4.78, 5) is 15.1. The van der Waals surface area contributed by atoms with Crippen LogP contribution in [0.15, 0.2) is 77.7 Å². The minimum absolute atomic E-state index is 0.176. The van der Waals surface area contributed by atoms with Crippen LogP contribution < -0.4 is 19.1 Å². The fraction of sp³-hybridized carbons (Fsp3) is 0.0833. The molecule has 0 aliphatic carbocycles. The number of rotatable bonds is 6. The van der Waals surface area contributed by atoms with Gasteiger partial charge < -0.3 is 14.2 Å². The molecule has 0 aromatic heterocycles.